The van der Waals surface area contributed by atoms with E-state index in [0.717, 1.165) is 0 Å². The first kappa shape index (κ1) is 6.93. The van der Waals surface area contributed by atoms with Crippen molar-refractivity contribution in [2.24, 2.45) is 23.2 Å². The Kier molecular flexibility index (Phi) is 1.07. The number of carbonyl (C=O) groups is 1. The summed E-state index contributed by atoms with van der Waals surface area (Å²) in [6, 6.07) is 0. The average molecular weight is 166 g/mol. The third-order valence-corrected chi connectivity index (χ3v) is 4.54. The zero-order valence-electron chi connectivity index (χ0n) is 7.12. The van der Waals surface area contributed by atoms with Crippen LogP contribution in [0.25, 0.3) is 0 Å². The lowest BCUT2D eigenvalue weighted by Crippen LogP contribution is -2.28. The zero-order chi connectivity index (χ0) is 8.34. The summed E-state index contributed by atoms with van der Waals surface area (Å²) in [5, 5.41) is 9.22. The van der Waals surface area contributed by atoms with E-state index in [9.17, 15) is 9.90 Å². The van der Waals surface area contributed by atoms with Crippen LogP contribution in [0, 0.1) is 23.2 Å². The summed E-state index contributed by atoms with van der Waals surface area (Å²) in [6.45, 7) is 0. The molecule has 3 rings (SSSR count). The molecule has 0 aromatic heterocycles. The topological polar surface area (TPSA) is 37.3 Å². The lowest BCUT2D eigenvalue weighted by Gasteiger charge is -2.26. The highest BCUT2D eigenvalue weighted by Crippen LogP contribution is 2.75. The highest BCUT2D eigenvalue weighted by molar-refractivity contribution is 5.81. The fourth-order valence-corrected chi connectivity index (χ4v) is 4.13. The van der Waals surface area contributed by atoms with E-state index in [1.54, 1.807) is 0 Å². The van der Waals surface area contributed by atoms with Crippen LogP contribution >= 0.6 is 0 Å². The number of carboxylic acids is 1. The van der Waals surface area contributed by atoms with Crippen molar-refractivity contribution in [1.82, 2.24) is 0 Å². The smallest absolute Gasteiger partial charge is 0.310 e. The van der Waals surface area contributed by atoms with Crippen LogP contribution in [0.4, 0.5) is 0 Å². The van der Waals surface area contributed by atoms with E-state index in [4.69, 9.17) is 0 Å². The molecule has 0 saturated heterocycles. The van der Waals surface area contributed by atoms with Gasteiger partial charge in [-0.3, -0.25) is 4.79 Å². The van der Waals surface area contributed by atoms with E-state index in [1.807, 2.05) is 0 Å². The first-order chi connectivity index (χ1) is 5.78. The first-order valence-electron chi connectivity index (χ1n) is 5.01. The molecule has 0 spiro atoms. The molecule has 0 unspecified atom stereocenters. The van der Waals surface area contributed by atoms with Crippen molar-refractivity contribution in [3.8, 4) is 0 Å². The number of fused-ring (bicyclic) bond motifs is 1. The van der Waals surface area contributed by atoms with E-state index in [2.05, 4.69) is 0 Å². The van der Waals surface area contributed by atoms with Gasteiger partial charge in [-0.15, -0.1) is 0 Å². The zero-order valence-corrected chi connectivity index (χ0v) is 7.12. The van der Waals surface area contributed by atoms with Crippen LogP contribution in [0.1, 0.15) is 32.1 Å². The highest BCUT2D eigenvalue weighted by atomic mass is 16.4. The standard InChI is InChI=1S/C10H14O2/c11-9(12)10-6-2-1-3-7(10)8(10)5-4-6/h6-8H,1-5H2,(H,11,12)/t6-,7+,8+,10+/m0/s1. The van der Waals surface area contributed by atoms with Gasteiger partial charge >= 0.3 is 5.97 Å². The van der Waals surface area contributed by atoms with Crippen LogP contribution in [0.2, 0.25) is 0 Å². The molecule has 2 heteroatoms. The van der Waals surface area contributed by atoms with Crippen LogP contribution < -0.4 is 0 Å². The van der Waals surface area contributed by atoms with Gasteiger partial charge in [0.1, 0.15) is 0 Å². The van der Waals surface area contributed by atoms with Crippen LogP contribution in [0.3, 0.4) is 0 Å². The van der Waals surface area contributed by atoms with Crippen molar-refractivity contribution in [1.29, 1.82) is 0 Å². The second-order valence-electron chi connectivity index (χ2n) is 4.66. The van der Waals surface area contributed by atoms with Crippen molar-refractivity contribution in [3.63, 3.8) is 0 Å². The Balaban J connectivity index is 2.01. The second kappa shape index (κ2) is 1.86. The van der Waals surface area contributed by atoms with Crippen LogP contribution in [0.15, 0.2) is 0 Å². The predicted octanol–water partition coefficient (Wildman–Crippen LogP) is 1.90. The van der Waals surface area contributed by atoms with E-state index in [1.165, 1.54) is 32.1 Å². The third kappa shape index (κ3) is 0.511. The summed E-state index contributed by atoms with van der Waals surface area (Å²) in [5.74, 6) is 1.20. The molecule has 1 N–H and O–H groups in total. The largest absolute Gasteiger partial charge is 0.481 e. The molecule has 3 aliphatic carbocycles. The van der Waals surface area contributed by atoms with Gasteiger partial charge in [-0.05, 0) is 43.4 Å². The molecule has 0 aliphatic heterocycles. The van der Waals surface area contributed by atoms with Gasteiger partial charge in [-0.25, -0.2) is 0 Å². The highest BCUT2D eigenvalue weighted by Gasteiger charge is 2.76. The minimum atomic E-state index is -0.486. The molecule has 3 fully saturated rings. The first-order valence-corrected chi connectivity index (χ1v) is 5.01. The van der Waals surface area contributed by atoms with Gasteiger partial charge in [-0.2, -0.15) is 0 Å². The maximum Gasteiger partial charge on any atom is 0.310 e. The number of hydrogen-bond acceptors (Lipinski definition) is 1. The van der Waals surface area contributed by atoms with Crippen molar-refractivity contribution >= 4 is 5.97 Å². The second-order valence-corrected chi connectivity index (χ2v) is 4.66. The summed E-state index contributed by atoms with van der Waals surface area (Å²) in [5.41, 5.74) is -0.210. The van der Waals surface area contributed by atoms with E-state index >= 15 is 0 Å². The fourth-order valence-electron chi connectivity index (χ4n) is 4.13. The van der Waals surface area contributed by atoms with Crippen LogP contribution in [-0.2, 0) is 4.79 Å². The number of rotatable bonds is 1. The average Bonchev–Trinajstić information content (AvgIpc) is 2.50. The van der Waals surface area contributed by atoms with Gasteiger partial charge in [-0.1, -0.05) is 6.42 Å². The van der Waals surface area contributed by atoms with Crippen molar-refractivity contribution in [2.45, 2.75) is 32.1 Å². The molecule has 0 aromatic rings. The number of hydrogen-bond donors (Lipinski definition) is 1. The lowest BCUT2D eigenvalue weighted by molar-refractivity contribution is -0.147. The predicted molar refractivity (Wildman–Crippen MR) is 43.6 cm³/mol. The third-order valence-electron chi connectivity index (χ3n) is 4.54. The quantitative estimate of drug-likeness (QED) is 0.646. The molecule has 0 aromatic carbocycles. The van der Waals surface area contributed by atoms with Gasteiger partial charge < -0.3 is 5.11 Å². The Morgan fingerprint density at radius 3 is 2.50 bits per heavy atom. The maximum absolute atomic E-state index is 11.2. The van der Waals surface area contributed by atoms with Gasteiger partial charge in [0.05, 0.1) is 5.41 Å². The Labute approximate surface area is 72.0 Å². The van der Waals surface area contributed by atoms with E-state index in [-0.39, 0.29) is 5.41 Å². The molecular weight excluding hydrogens is 152 g/mol. The molecule has 0 radical (unpaired) electrons. The molecule has 2 nitrogen and oxygen atoms in total. The van der Waals surface area contributed by atoms with Crippen LogP contribution in [-0.4, -0.2) is 11.1 Å². The van der Waals surface area contributed by atoms with Crippen LogP contribution in [0.5, 0.6) is 0 Å². The Morgan fingerprint density at radius 1 is 1.17 bits per heavy atom. The Morgan fingerprint density at radius 2 is 1.92 bits per heavy atom. The van der Waals surface area contributed by atoms with Crippen molar-refractivity contribution < 1.29 is 9.90 Å². The summed E-state index contributed by atoms with van der Waals surface area (Å²) in [6.07, 6.45) is 6.03. The summed E-state index contributed by atoms with van der Waals surface area (Å²) in [4.78, 5) is 11.2. The van der Waals surface area contributed by atoms with Crippen molar-refractivity contribution in [3.05, 3.63) is 0 Å². The molecule has 0 bridgehead atoms. The van der Waals surface area contributed by atoms with E-state index in [0.29, 0.717) is 17.8 Å². The van der Waals surface area contributed by atoms with Gasteiger partial charge in [0.2, 0.25) is 0 Å². The maximum atomic E-state index is 11.2. The summed E-state index contributed by atoms with van der Waals surface area (Å²) >= 11 is 0. The van der Waals surface area contributed by atoms with E-state index < -0.39 is 5.97 Å². The molecule has 4 atom stereocenters. The Hall–Kier alpha value is -0.530. The Bertz CT molecular complexity index is 238. The van der Waals surface area contributed by atoms with Crippen molar-refractivity contribution in [2.75, 3.05) is 0 Å². The van der Waals surface area contributed by atoms with Gasteiger partial charge in [0, 0.05) is 0 Å². The molecule has 66 valence electrons. The molecule has 0 amide bonds. The minimum Gasteiger partial charge on any atom is -0.481 e. The normalized spacial score (nSPS) is 54.8. The fraction of sp³-hybridized carbons (Fsp3) is 0.900. The number of carboxylic acid groups (broad SMARTS) is 1. The molecular formula is C10H14O2. The molecule has 3 aliphatic rings. The minimum absolute atomic E-state index is 0.210. The SMILES string of the molecule is O=C(O)[C@]12[C@H]3CCC[C@@H]1[C@H]2CC3. The molecule has 0 heterocycles. The summed E-state index contributed by atoms with van der Waals surface area (Å²) in [7, 11) is 0. The lowest BCUT2D eigenvalue weighted by atomic mass is 9.78. The molecule has 3 saturated carbocycles. The number of aliphatic carboxylic acids is 1. The molecule has 12 heavy (non-hydrogen) atoms. The monoisotopic (exact) mass is 166 g/mol. The van der Waals surface area contributed by atoms with Gasteiger partial charge in [0.15, 0.2) is 0 Å². The summed E-state index contributed by atoms with van der Waals surface area (Å²) < 4.78 is 0. The van der Waals surface area contributed by atoms with Gasteiger partial charge in [0.25, 0.3) is 0 Å².